The second kappa shape index (κ2) is 6.22. The predicted octanol–water partition coefficient (Wildman–Crippen LogP) is 3.50. The summed E-state index contributed by atoms with van der Waals surface area (Å²) in [5, 5.41) is 11.9. The van der Waals surface area contributed by atoms with Gasteiger partial charge in [0.05, 0.1) is 12.5 Å². The molecule has 1 aromatic carbocycles. The molecule has 90 valence electrons. The highest BCUT2D eigenvalue weighted by atomic mass is 14.9. The van der Waals surface area contributed by atoms with Gasteiger partial charge >= 0.3 is 0 Å². The standard InChI is InChI=1S/C15H20N2/c1-15(2,3)17-12-14-9-7-13(8-10-14)6-4-5-11-16/h4,6-10,17H,5,12H2,1-3H3. The summed E-state index contributed by atoms with van der Waals surface area (Å²) in [6, 6.07) is 10.5. The number of benzene rings is 1. The molecule has 0 saturated carbocycles. The van der Waals surface area contributed by atoms with Crippen LogP contribution in [0.1, 0.15) is 38.3 Å². The Morgan fingerprint density at radius 3 is 2.41 bits per heavy atom. The van der Waals surface area contributed by atoms with Gasteiger partial charge < -0.3 is 5.32 Å². The zero-order chi connectivity index (χ0) is 12.7. The van der Waals surface area contributed by atoms with Gasteiger partial charge in [-0.25, -0.2) is 0 Å². The van der Waals surface area contributed by atoms with Gasteiger partial charge in [0.1, 0.15) is 0 Å². The van der Waals surface area contributed by atoms with Crippen molar-refractivity contribution >= 4 is 6.08 Å². The van der Waals surface area contributed by atoms with Gasteiger partial charge in [-0.15, -0.1) is 0 Å². The molecular formula is C15H20N2. The minimum Gasteiger partial charge on any atom is -0.308 e. The molecule has 17 heavy (non-hydrogen) atoms. The Morgan fingerprint density at radius 2 is 1.88 bits per heavy atom. The molecule has 2 nitrogen and oxygen atoms in total. The van der Waals surface area contributed by atoms with Gasteiger partial charge in [-0.2, -0.15) is 5.26 Å². The number of hydrogen-bond acceptors (Lipinski definition) is 2. The summed E-state index contributed by atoms with van der Waals surface area (Å²) in [4.78, 5) is 0. The first-order valence-corrected chi connectivity index (χ1v) is 5.89. The van der Waals surface area contributed by atoms with Gasteiger partial charge in [0.15, 0.2) is 0 Å². The zero-order valence-electron chi connectivity index (χ0n) is 10.8. The van der Waals surface area contributed by atoms with Crippen LogP contribution in [0.25, 0.3) is 6.08 Å². The third kappa shape index (κ3) is 5.89. The SMILES string of the molecule is CC(C)(C)NCc1ccc(C=CCC#N)cc1. The van der Waals surface area contributed by atoms with E-state index in [0.717, 1.165) is 12.1 Å². The van der Waals surface area contributed by atoms with E-state index in [1.54, 1.807) is 0 Å². The van der Waals surface area contributed by atoms with E-state index in [9.17, 15) is 0 Å². The van der Waals surface area contributed by atoms with Crippen molar-refractivity contribution in [2.75, 3.05) is 0 Å². The lowest BCUT2D eigenvalue weighted by Crippen LogP contribution is -2.35. The molecule has 1 rings (SSSR count). The molecule has 0 unspecified atom stereocenters. The van der Waals surface area contributed by atoms with Crippen molar-refractivity contribution in [1.29, 1.82) is 5.26 Å². The van der Waals surface area contributed by atoms with Crippen molar-refractivity contribution in [3.05, 3.63) is 41.5 Å². The van der Waals surface area contributed by atoms with Crippen molar-refractivity contribution < 1.29 is 0 Å². The number of rotatable bonds is 4. The van der Waals surface area contributed by atoms with E-state index in [0.29, 0.717) is 6.42 Å². The molecule has 0 atom stereocenters. The first-order chi connectivity index (χ1) is 8.01. The van der Waals surface area contributed by atoms with Crippen LogP contribution in [0.3, 0.4) is 0 Å². The highest BCUT2D eigenvalue weighted by Crippen LogP contribution is 2.08. The van der Waals surface area contributed by atoms with Crippen LogP contribution in [-0.4, -0.2) is 5.54 Å². The average molecular weight is 228 g/mol. The van der Waals surface area contributed by atoms with Gasteiger partial charge in [0, 0.05) is 12.1 Å². The smallest absolute Gasteiger partial charge is 0.0663 e. The lowest BCUT2D eigenvalue weighted by atomic mass is 10.1. The van der Waals surface area contributed by atoms with Crippen LogP contribution in [0.5, 0.6) is 0 Å². The van der Waals surface area contributed by atoms with Crippen LogP contribution in [-0.2, 0) is 6.54 Å². The summed E-state index contributed by atoms with van der Waals surface area (Å²) in [5.41, 5.74) is 2.56. The van der Waals surface area contributed by atoms with E-state index >= 15 is 0 Å². The van der Waals surface area contributed by atoms with Crippen molar-refractivity contribution in [3.8, 4) is 6.07 Å². The lowest BCUT2D eigenvalue weighted by Gasteiger charge is -2.20. The van der Waals surface area contributed by atoms with Gasteiger partial charge in [-0.1, -0.05) is 36.4 Å². The molecule has 0 fully saturated rings. The van der Waals surface area contributed by atoms with Crippen LogP contribution in [0.4, 0.5) is 0 Å². The number of nitriles is 1. The summed E-state index contributed by atoms with van der Waals surface area (Å²) in [7, 11) is 0. The monoisotopic (exact) mass is 228 g/mol. The zero-order valence-corrected chi connectivity index (χ0v) is 10.8. The Morgan fingerprint density at radius 1 is 1.24 bits per heavy atom. The van der Waals surface area contributed by atoms with Gasteiger partial charge in [0.25, 0.3) is 0 Å². The molecule has 0 amide bonds. The molecule has 1 N–H and O–H groups in total. The molecule has 0 bridgehead atoms. The minimum absolute atomic E-state index is 0.144. The molecule has 0 aliphatic carbocycles. The Hall–Kier alpha value is -1.59. The van der Waals surface area contributed by atoms with Gasteiger partial charge in [-0.3, -0.25) is 0 Å². The first-order valence-electron chi connectivity index (χ1n) is 5.89. The van der Waals surface area contributed by atoms with E-state index in [1.165, 1.54) is 5.56 Å². The molecule has 0 aliphatic rings. The fourth-order valence-electron chi connectivity index (χ4n) is 1.36. The van der Waals surface area contributed by atoms with E-state index in [-0.39, 0.29) is 5.54 Å². The Kier molecular flexibility index (Phi) is 4.93. The van der Waals surface area contributed by atoms with Crippen molar-refractivity contribution in [2.45, 2.75) is 39.3 Å². The molecule has 0 radical (unpaired) electrons. The fraction of sp³-hybridized carbons (Fsp3) is 0.400. The normalized spacial score (nSPS) is 11.6. The van der Waals surface area contributed by atoms with Crippen LogP contribution < -0.4 is 5.32 Å². The van der Waals surface area contributed by atoms with Crippen molar-refractivity contribution in [3.63, 3.8) is 0 Å². The number of nitrogens with zero attached hydrogens (tertiary/aromatic N) is 1. The van der Waals surface area contributed by atoms with E-state index in [1.807, 2.05) is 12.2 Å². The summed E-state index contributed by atoms with van der Waals surface area (Å²) in [6.07, 6.45) is 4.32. The number of nitrogens with one attached hydrogen (secondary N) is 1. The molecule has 0 saturated heterocycles. The average Bonchev–Trinajstić information content (AvgIpc) is 2.27. The minimum atomic E-state index is 0.144. The van der Waals surface area contributed by atoms with Gasteiger partial charge in [-0.05, 0) is 31.9 Å². The topological polar surface area (TPSA) is 35.8 Å². The second-order valence-corrected chi connectivity index (χ2v) is 5.11. The highest BCUT2D eigenvalue weighted by molar-refractivity contribution is 5.49. The van der Waals surface area contributed by atoms with Crippen LogP contribution in [0, 0.1) is 11.3 Å². The van der Waals surface area contributed by atoms with Crippen LogP contribution >= 0.6 is 0 Å². The van der Waals surface area contributed by atoms with Crippen molar-refractivity contribution in [2.24, 2.45) is 0 Å². The largest absolute Gasteiger partial charge is 0.308 e. The Bertz CT molecular complexity index is 402. The first kappa shape index (κ1) is 13.5. The molecule has 1 aromatic rings. The van der Waals surface area contributed by atoms with Gasteiger partial charge in [0.2, 0.25) is 0 Å². The van der Waals surface area contributed by atoms with E-state index in [2.05, 4.69) is 56.4 Å². The summed E-state index contributed by atoms with van der Waals surface area (Å²) >= 11 is 0. The lowest BCUT2D eigenvalue weighted by molar-refractivity contribution is 0.424. The Labute approximate surface area is 104 Å². The maximum absolute atomic E-state index is 8.43. The molecule has 0 aromatic heterocycles. The third-order valence-corrected chi connectivity index (χ3v) is 2.32. The van der Waals surface area contributed by atoms with Crippen LogP contribution in [0.15, 0.2) is 30.3 Å². The molecular weight excluding hydrogens is 208 g/mol. The quantitative estimate of drug-likeness (QED) is 0.856. The van der Waals surface area contributed by atoms with E-state index < -0.39 is 0 Å². The number of hydrogen-bond donors (Lipinski definition) is 1. The summed E-state index contributed by atoms with van der Waals surface area (Å²) in [6.45, 7) is 7.36. The molecule has 2 heteroatoms. The van der Waals surface area contributed by atoms with Crippen LogP contribution in [0.2, 0.25) is 0 Å². The number of allylic oxidation sites excluding steroid dienone is 1. The molecule has 0 aliphatic heterocycles. The fourth-order valence-corrected chi connectivity index (χ4v) is 1.36. The highest BCUT2D eigenvalue weighted by Gasteiger charge is 2.07. The maximum atomic E-state index is 8.43. The Balaban J connectivity index is 2.54. The third-order valence-electron chi connectivity index (χ3n) is 2.32. The van der Waals surface area contributed by atoms with E-state index in [4.69, 9.17) is 5.26 Å². The molecule has 0 spiro atoms. The predicted molar refractivity (Wildman–Crippen MR) is 72.3 cm³/mol. The summed E-state index contributed by atoms with van der Waals surface area (Å²) < 4.78 is 0. The van der Waals surface area contributed by atoms with Crippen molar-refractivity contribution in [1.82, 2.24) is 5.32 Å². The second-order valence-electron chi connectivity index (χ2n) is 5.11. The maximum Gasteiger partial charge on any atom is 0.0663 e. The molecule has 0 heterocycles. The summed E-state index contributed by atoms with van der Waals surface area (Å²) in [5.74, 6) is 0.